The topological polar surface area (TPSA) is 758 Å². The van der Waals surface area contributed by atoms with Crippen molar-refractivity contribution in [3.8, 4) is 0 Å². The van der Waals surface area contributed by atoms with Gasteiger partial charge in [0.15, 0.2) is 55.9 Å². The summed E-state index contributed by atoms with van der Waals surface area (Å²) in [6, 6.07) is 0. The highest BCUT2D eigenvalue weighted by molar-refractivity contribution is 7.82. The van der Waals surface area contributed by atoms with Gasteiger partial charge in [0.05, 0.1) is 19.8 Å². The Morgan fingerprint density at radius 2 is 0.596 bits per heavy atom. The van der Waals surface area contributed by atoms with E-state index in [0.29, 0.717) is 7.11 Å². The largest absolute Gasteiger partial charge is 0.479 e. The van der Waals surface area contributed by atoms with Gasteiger partial charge in [-0.1, -0.05) is 0 Å². The number of hydrogen-bond donors (Lipinski definition) is 11. The summed E-state index contributed by atoms with van der Waals surface area (Å²) < 4.78 is 408. The fourth-order valence-electron chi connectivity index (χ4n) is 9.27. The molecular weight excluding hydrogens is 1520 g/mol. The molecule has 22 atom stereocenters. The van der Waals surface area contributed by atoms with E-state index in [1.165, 1.54) is 0 Å². The van der Waals surface area contributed by atoms with Crippen molar-refractivity contribution >= 4 is 106 Å². The monoisotopic (exact) mass is 1570 g/mol. The molecule has 61 heteroatoms. The maximum atomic E-state index is 13.1. The molecule has 5 rings (SSSR count). The van der Waals surface area contributed by atoms with Gasteiger partial charge in [-0.15, -0.1) is 0 Å². The predicted molar refractivity (Wildman–Crippen MR) is 272 cm³/mol. The van der Waals surface area contributed by atoms with Crippen LogP contribution in [0.2, 0.25) is 0 Å². The van der Waals surface area contributed by atoms with Gasteiger partial charge < -0.3 is 67.1 Å². The fraction of sp³-hybridized carbons (Fsp3) is 0.939. The lowest BCUT2D eigenvalue weighted by atomic mass is 9.96. The highest BCUT2D eigenvalue weighted by Crippen LogP contribution is 2.40. The lowest BCUT2D eigenvalue weighted by Gasteiger charge is -2.49. The zero-order valence-corrected chi connectivity index (χ0v) is 53.6. The van der Waals surface area contributed by atoms with E-state index in [2.05, 4.69) is 37.6 Å². The lowest BCUT2D eigenvalue weighted by Crippen LogP contribution is -2.66. The first kappa shape index (κ1) is 82.0. The molecule has 94 heavy (non-hydrogen) atoms. The Labute approximate surface area is 529 Å². The molecule has 0 spiro atoms. The van der Waals surface area contributed by atoms with Crippen LogP contribution in [0.25, 0.3) is 0 Å². The van der Waals surface area contributed by atoms with Gasteiger partial charge in [0.2, 0.25) is 0 Å². The Balaban J connectivity index is 1.57. The van der Waals surface area contributed by atoms with Gasteiger partial charge in [0.25, 0.3) is 0 Å². The summed E-state index contributed by atoms with van der Waals surface area (Å²) in [4.78, 5) is 26.0. The van der Waals surface area contributed by atoms with Crippen LogP contribution < -0.4 is 0 Å². The summed E-state index contributed by atoms with van der Waals surface area (Å²) in [6.45, 7) is -4.86. The average Bonchev–Trinajstić information content (AvgIpc) is 0.771. The molecular formula is C33H54O52S9. The van der Waals surface area contributed by atoms with Crippen molar-refractivity contribution in [2.75, 3.05) is 41.2 Å². The van der Waals surface area contributed by atoms with Crippen LogP contribution in [0, 0.1) is 0 Å². The molecule has 0 bridgehead atoms. The molecule has 0 aliphatic carbocycles. The maximum Gasteiger partial charge on any atom is 0.397 e. The molecule has 0 unspecified atom stereocenters. The lowest BCUT2D eigenvalue weighted by molar-refractivity contribution is -0.369. The van der Waals surface area contributed by atoms with Gasteiger partial charge in [-0.25, -0.2) is 47.2 Å². The van der Waals surface area contributed by atoms with Crippen molar-refractivity contribution in [3.05, 3.63) is 0 Å². The van der Waals surface area contributed by atoms with Crippen molar-refractivity contribution in [3.63, 3.8) is 0 Å². The Morgan fingerprint density at radius 3 is 0.926 bits per heavy atom. The third-order valence-electron chi connectivity index (χ3n) is 12.5. The molecule has 0 aromatic heterocycles. The van der Waals surface area contributed by atoms with Crippen LogP contribution in [0.3, 0.4) is 0 Å². The molecule has 5 aliphatic rings. The summed E-state index contributed by atoms with van der Waals surface area (Å²) >= 11 is 0. The van der Waals surface area contributed by atoms with Crippen molar-refractivity contribution < 1.29 is 231 Å². The van der Waals surface area contributed by atoms with Crippen molar-refractivity contribution in [2.24, 2.45) is 0 Å². The van der Waals surface area contributed by atoms with E-state index in [4.69, 9.17) is 61.4 Å². The minimum absolute atomic E-state index is 0.690. The quantitative estimate of drug-likeness (QED) is 0.0267. The highest BCUT2D eigenvalue weighted by atomic mass is 32.3. The molecule has 52 nitrogen and oxygen atoms in total. The van der Waals surface area contributed by atoms with Crippen molar-refractivity contribution in [2.45, 2.75) is 154 Å². The van der Waals surface area contributed by atoms with Gasteiger partial charge in [-0.3, -0.25) is 41.0 Å². The van der Waals surface area contributed by atoms with Crippen LogP contribution in [-0.2, 0) is 198 Å². The van der Waals surface area contributed by atoms with Crippen LogP contribution in [0.4, 0.5) is 0 Å². The number of aliphatic carboxylic acids is 2. The summed E-state index contributed by atoms with van der Waals surface area (Å²) in [5.74, 6) is -4.43. The van der Waals surface area contributed by atoms with E-state index in [1.807, 2.05) is 0 Å². The van der Waals surface area contributed by atoms with Gasteiger partial charge >= 0.3 is 106 Å². The predicted octanol–water partition coefficient (Wildman–Crippen LogP) is -8.25. The molecule has 5 fully saturated rings. The normalized spacial score (nSPS) is 35.6. The number of carbonyl (C=O) groups is 2. The van der Waals surface area contributed by atoms with Gasteiger partial charge in [0, 0.05) is 40.6 Å². The number of carboxylic acids is 2. The minimum atomic E-state index is -6.23. The average molecular weight is 1570 g/mol. The zero-order valence-electron chi connectivity index (χ0n) is 46.3. The highest BCUT2D eigenvalue weighted by Gasteiger charge is 2.60. The molecule has 5 saturated heterocycles. The Morgan fingerprint density at radius 1 is 0.309 bits per heavy atom. The SMILES string of the molecule is CO[C@@H]1O[C@H](COS(=O)(=O)O)[C@@H](O[C@H]2O[C@H](C(=O)O)[C@H](O[C@@H]3O[C@@H](COS(=O)(=O)O)[C@H](O[C@@H]4O[C@H](C(=O)O)[C@@H](O[C@H]5O[C@H](COS(=O)(=O)O)[C@@H](OS(=O)(=O)O)C[C@H]5OS(=O)(=O)O)C[C@H]4OC)[C@@H](OS(=O)(=O)O)[C@@H]3OS(=O)(=O)O)C[C@@H]2OC)[C@H](OS(=O)(=O)O)[C@H]1OS(=O)(=O)O. The molecule has 5 heterocycles. The minimum Gasteiger partial charge on any atom is -0.479 e. The summed E-state index contributed by atoms with van der Waals surface area (Å²) in [7, 11) is -50.1. The second-order valence-electron chi connectivity index (χ2n) is 18.9. The second kappa shape index (κ2) is 31.9. The molecule has 0 aromatic carbocycles. The summed E-state index contributed by atoms with van der Waals surface area (Å²) in [6.07, 6.45) is -59.9. The first-order valence-corrected chi connectivity index (χ1v) is 36.7. The Kier molecular flexibility index (Phi) is 27.8. The first-order valence-electron chi connectivity index (χ1n) is 24.4. The Hall–Kier alpha value is -2.71. The number of rotatable bonds is 34. The third-order valence-corrected chi connectivity index (χ3v) is 16.7. The van der Waals surface area contributed by atoms with Crippen LogP contribution in [0.15, 0.2) is 0 Å². The molecule has 0 saturated carbocycles. The van der Waals surface area contributed by atoms with Crippen LogP contribution in [0.1, 0.15) is 19.3 Å². The summed E-state index contributed by atoms with van der Waals surface area (Å²) in [5, 5.41) is 20.9. The van der Waals surface area contributed by atoms with Crippen molar-refractivity contribution in [1.82, 2.24) is 0 Å². The van der Waals surface area contributed by atoms with Gasteiger partial charge in [0.1, 0.15) is 79.4 Å². The van der Waals surface area contributed by atoms with Crippen LogP contribution in [-0.4, -0.2) is 315 Å². The zero-order chi connectivity index (χ0) is 71.4. The number of carboxylic acid groups (broad SMARTS) is 2. The standard InChI is InChI=1S/C33H54O52S9/c1-65-13-5-11(71-31-15(81-90(50,51)52)4-10(80-89(47,48)49)16(73-31)7-68-86(38,39)40)21(27(34)35)78-29(13)77-20-18(9-70-88(44,45)46)75-33(26(85-94(62,63)64)24(20)83-92(56,57)58)72-12-6-14(66-2)30(79-22(12)28(36)37)76-19-17(8-69-87(41,42)43)74-32(67-3)25(84-93(59,60)61)23(19)82-91(53,54)55/h10-26,29-33H,4-9H2,1-3H3,(H,34,35)(H,36,37)(H,38,39,40)(H,41,42,43)(H,44,45,46)(H,47,48,49)(H,50,51,52)(H,53,54,55)(H,56,57,58)(H,59,60,61)(H,62,63,64)/t10-,11-,12+,13+,14-,15+,16+,17+,18-,19+,20-,21-,22-,23-,24+,25+,26-,29+,30-,31-,32+,33+/m0/s1. The molecule has 0 aromatic rings. The molecule has 5 aliphatic heterocycles. The summed E-state index contributed by atoms with van der Waals surface area (Å²) in [5.41, 5.74) is 0. The van der Waals surface area contributed by atoms with E-state index in [-0.39, 0.29) is 0 Å². The van der Waals surface area contributed by atoms with Gasteiger partial charge in [-0.05, 0) is 0 Å². The van der Waals surface area contributed by atoms with E-state index in [0.717, 1.165) is 14.2 Å². The molecule has 0 radical (unpaired) electrons. The fourth-order valence-corrected chi connectivity index (χ4v) is 13.1. The van der Waals surface area contributed by atoms with E-state index in [1.54, 1.807) is 0 Å². The molecule has 0 amide bonds. The number of hydrogen-bond acceptors (Lipinski definition) is 41. The smallest absolute Gasteiger partial charge is 0.397 e. The van der Waals surface area contributed by atoms with Gasteiger partial charge in [-0.2, -0.15) is 75.8 Å². The maximum absolute atomic E-state index is 13.1. The van der Waals surface area contributed by atoms with Crippen LogP contribution >= 0.6 is 0 Å². The number of ether oxygens (including phenoxy) is 12. The first-order chi connectivity index (χ1) is 42.6. The van der Waals surface area contributed by atoms with Crippen molar-refractivity contribution in [1.29, 1.82) is 0 Å². The molecule has 11 N–H and O–H groups in total. The molecule has 552 valence electrons. The number of methoxy groups -OCH3 is 3. The van der Waals surface area contributed by atoms with E-state index >= 15 is 0 Å². The third kappa shape index (κ3) is 26.1. The van der Waals surface area contributed by atoms with E-state index in [9.17, 15) is 132 Å². The van der Waals surface area contributed by atoms with Crippen LogP contribution in [0.5, 0.6) is 0 Å². The van der Waals surface area contributed by atoms with E-state index < -0.39 is 280 Å². The Bertz CT molecular complexity index is 3680. The second-order valence-corrected chi connectivity index (χ2v) is 28.5.